The summed E-state index contributed by atoms with van der Waals surface area (Å²) in [5.74, 6) is 0.131. The molecule has 5 heteroatoms. The van der Waals surface area contributed by atoms with Gasteiger partial charge in [-0.3, -0.25) is 9.59 Å². The zero-order valence-electron chi connectivity index (χ0n) is 11.8. The van der Waals surface area contributed by atoms with Crippen molar-refractivity contribution in [1.82, 2.24) is 0 Å². The topological polar surface area (TPSA) is 75.4 Å². The molecule has 0 aromatic heterocycles. The molecule has 0 radical (unpaired) electrons. The van der Waals surface area contributed by atoms with Crippen LogP contribution in [0.15, 0.2) is 24.3 Å². The SMILES string of the molecule is CC(N)CCC(=O)Nc1ccc(N2CCCC2=O)cc1. The Morgan fingerprint density at radius 1 is 1.40 bits per heavy atom. The van der Waals surface area contributed by atoms with Gasteiger partial charge in [0, 0.05) is 36.8 Å². The zero-order chi connectivity index (χ0) is 14.5. The van der Waals surface area contributed by atoms with Gasteiger partial charge in [-0.1, -0.05) is 0 Å². The Bertz CT molecular complexity index is 482. The van der Waals surface area contributed by atoms with Crippen molar-refractivity contribution in [2.24, 2.45) is 5.73 Å². The minimum atomic E-state index is -0.0349. The van der Waals surface area contributed by atoms with Crippen LogP contribution in [-0.4, -0.2) is 24.4 Å². The molecule has 108 valence electrons. The maximum Gasteiger partial charge on any atom is 0.227 e. The van der Waals surface area contributed by atoms with Crippen molar-refractivity contribution in [2.45, 2.75) is 38.6 Å². The summed E-state index contributed by atoms with van der Waals surface area (Å²) in [7, 11) is 0. The predicted octanol–water partition coefficient (Wildman–Crippen LogP) is 1.88. The van der Waals surface area contributed by atoms with Gasteiger partial charge in [0.25, 0.3) is 0 Å². The summed E-state index contributed by atoms with van der Waals surface area (Å²) in [6, 6.07) is 7.41. The summed E-state index contributed by atoms with van der Waals surface area (Å²) >= 11 is 0. The van der Waals surface area contributed by atoms with Crippen LogP contribution in [-0.2, 0) is 9.59 Å². The molecule has 1 aromatic carbocycles. The fraction of sp³-hybridized carbons (Fsp3) is 0.467. The number of benzene rings is 1. The van der Waals surface area contributed by atoms with Crippen molar-refractivity contribution < 1.29 is 9.59 Å². The molecule has 0 bridgehead atoms. The monoisotopic (exact) mass is 275 g/mol. The van der Waals surface area contributed by atoms with Crippen molar-refractivity contribution in [3.8, 4) is 0 Å². The highest BCUT2D eigenvalue weighted by atomic mass is 16.2. The molecule has 1 unspecified atom stereocenters. The van der Waals surface area contributed by atoms with Crippen LogP contribution < -0.4 is 16.0 Å². The molecular formula is C15H21N3O2. The maximum absolute atomic E-state index is 11.7. The van der Waals surface area contributed by atoms with Gasteiger partial charge in [-0.05, 0) is 44.0 Å². The van der Waals surface area contributed by atoms with Crippen LogP contribution in [0.1, 0.15) is 32.6 Å². The number of hydrogen-bond donors (Lipinski definition) is 2. The Labute approximate surface area is 119 Å². The minimum absolute atomic E-state index is 0.0318. The van der Waals surface area contributed by atoms with Crippen LogP contribution in [0.5, 0.6) is 0 Å². The Kier molecular flexibility index (Phi) is 4.74. The first-order valence-corrected chi connectivity index (χ1v) is 7.02. The third-order valence-corrected chi connectivity index (χ3v) is 3.36. The summed E-state index contributed by atoms with van der Waals surface area (Å²) in [4.78, 5) is 25.1. The average Bonchev–Trinajstić information content (AvgIpc) is 2.84. The second kappa shape index (κ2) is 6.52. The third kappa shape index (κ3) is 3.81. The van der Waals surface area contributed by atoms with Gasteiger partial charge in [0.05, 0.1) is 0 Å². The number of nitrogens with one attached hydrogen (secondary N) is 1. The average molecular weight is 275 g/mol. The number of hydrogen-bond acceptors (Lipinski definition) is 3. The fourth-order valence-electron chi connectivity index (χ4n) is 2.23. The molecule has 2 rings (SSSR count). The molecule has 1 aromatic rings. The van der Waals surface area contributed by atoms with Crippen molar-refractivity contribution in [2.75, 3.05) is 16.8 Å². The summed E-state index contributed by atoms with van der Waals surface area (Å²) in [5, 5.41) is 2.83. The van der Waals surface area contributed by atoms with Gasteiger partial charge in [0.1, 0.15) is 0 Å². The minimum Gasteiger partial charge on any atom is -0.328 e. The second-order valence-corrected chi connectivity index (χ2v) is 5.26. The van der Waals surface area contributed by atoms with Crippen LogP contribution in [0, 0.1) is 0 Å². The van der Waals surface area contributed by atoms with Gasteiger partial charge in [0.15, 0.2) is 0 Å². The van der Waals surface area contributed by atoms with E-state index in [0.29, 0.717) is 19.3 Å². The largest absolute Gasteiger partial charge is 0.328 e. The lowest BCUT2D eigenvalue weighted by Crippen LogP contribution is -2.23. The maximum atomic E-state index is 11.7. The molecule has 1 aliphatic heterocycles. The molecule has 1 aliphatic rings. The van der Waals surface area contributed by atoms with E-state index in [2.05, 4.69) is 5.32 Å². The number of rotatable bonds is 5. The smallest absolute Gasteiger partial charge is 0.227 e. The van der Waals surface area contributed by atoms with Gasteiger partial charge in [0.2, 0.25) is 11.8 Å². The van der Waals surface area contributed by atoms with Crippen molar-refractivity contribution in [1.29, 1.82) is 0 Å². The van der Waals surface area contributed by atoms with Gasteiger partial charge >= 0.3 is 0 Å². The Balaban J connectivity index is 1.91. The highest BCUT2D eigenvalue weighted by Gasteiger charge is 2.21. The molecule has 0 spiro atoms. The predicted molar refractivity (Wildman–Crippen MR) is 79.5 cm³/mol. The molecule has 1 fully saturated rings. The molecule has 3 N–H and O–H groups in total. The number of amides is 2. The summed E-state index contributed by atoms with van der Waals surface area (Å²) in [6.07, 6.45) is 2.63. The molecule has 1 heterocycles. The van der Waals surface area contributed by atoms with Crippen molar-refractivity contribution in [3.63, 3.8) is 0 Å². The first-order chi connectivity index (χ1) is 9.56. The Morgan fingerprint density at radius 2 is 2.10 bits per heavy atom. The highest BCUT2D eigenvalue weighted by molar-refractivity contribution is 5.96. The van der Waals surface area contributed by atoms with Crippen LogP contribution >= 0.6 is 0 Å². The fourth-order valence-corrected chi connectivity index (χ4v) is 2.23. The number of nitrogens with zero attached hydrogens (tertiary/aromatic N) is 1. The van der Waals surface area contributed by atoms with Gasteiger partial charge in [-0.2, -0.15) is 0 Å². The third-order valence-electron chi connectivity index (χ3n) is 3.36. The van der Waals surface area contributed by atoms with E-state index in [1.165, 1.54) is 0 Å². The van der Waals surface area contributed by atoms with E-state index in [-0.39, 0.29) is 17.9 Å². The molecule has 2 amide bonds. The molecular weight excluding hydrogens is 254 g/mol. The van der Waals surface area contributed by atoms with E-state index in [9.17, 15) is 9.59 Å². The lowest BCUT2D eigenvalue weighted by Gasteiger charge is -2.16. The number of carbonyl (C=O) groups excluding carboxylic acids is 2. The van der Waals surface area contributed by atoms with Gasteiger partial charge < -0.3 is 16.0 Å². The van der Waals surface area contributed by atoms with Gasteiger partial charge in [-0.25, -0.2) is 0 Å². The molecule has 0 aliphatic carbocycles. The first kappa shape index (κ1) is 14.5. The first-order valence-electron chi connectivity index (χ1n) is 7.02. The van der Waals surface area contributed by atoms with Crippen LogP contribution in [0.2, 0.25) is 0 Å². The van der Waals surface area contributed by atoms with Crippen molar-refractivity contribution >= 4 is 23.2 Å². The summed E-state index contributed by atoms with van der Waals surface area (Å²) in [5.41, 5.74) is 7.25. The molecule has 0 saturated carbocycles. The standard InChI is InChI=1S/C15H21N3O2/c1-11(16)4-9-14(19)17-12-5-7-13(8-6-12)18-10-2-3-15(18)20/h5-8,11H,2-4,9-10,16H2,1H3,(H,17,19). The summed E-state index contributed by atoms with van der Waals surface area (Å²) < 4.78 is 0. The van der Waals surface area contributed by atoms with Gasteiger partial charge in [-0.15, -0.1) is 0 Å². The van der Waals surface area contributed by atoms with E-state index in [0.717, 1.165) is 24.3 Å². The molecule has 20 heavy (non-hydrogen) atoms. The highest BCUT2D eigenvalue weighted by Crippen LogP contribution is 2.23. The lowest BCUT2D eigenvalue weighted by molar-refractivity contribution is -0.117. The normalized spacial score (nSPS) is 16.3. The van der Waals surface area contributed by atoms with Crippen LogP contribution in [0.3, 0.4) is 0 Å². The number of nitrogens with two attached hydrogens (primary N) is 1. The van der Waals surface area contributed by atoms with E-state index in [1.807, 2.05) is 31.2 Å². The Hall–Kier alpha value is -1.88. The van der Waals surface area contributed by atoms with E-state index < -0.39 is 0 Å². The summed E-state index contributed by atoms with van der Waals surface area (Å²) in [6.45, 7) is 2.66. The molecule has 1 saturated heterocycles. The number of anilines is 2. The van der Waals surface area contributed by atoms with E-state index in [1.54, 1.807) is 4.90 Å². The van der Waals surface area contributed by atoms with Crippen LogP contribution in [0.4, 0.5) is 11.4 Å². The number of carbonyl (C=O) groups is 2. The van der Waals surface area contributed by atoms with Crippen molar-refractivity contribution in [3.05, 3.63) is 24.3 Å². The van der Waals surface area contributed by atoms with E-state index in [4.69, 9.17) is 5.73 Å². The Morgan fingerprint density at radius 3 is 2.65 bits per heavy atom. The zero-order valence-corrected chi connectivity index (χ0v) is 11.8. The second-order valence-electron chi connectivity index (χ2n) is 5.26. The van der Waals surface area contributed by atoms with Crippen LogP contribution in [0.25, 0.3) is 0 Å². The lowest BCUT2D eigenvalue weighted by atomic mass is 10.2. The van der Waals surface area contributed by atoms with E-state index >= 15 is 0 Å². The molecule has 1 atom stereocenters. The molecule has 5 nitrogen and oxygen atoms in total. The quantitative estimate of drug-likeness (QED) is 0.861.